The van der Waals surface area contributed by atoms with E-state index in [0.29, 0.717) is 5.69 Å². The number of aliphatic hydroxyl groups is 1. The molecule has 0 fully saturated rings. The maximum absolute atomic E-state index is 12.5. The molecule has 29 heavy (non-hydrogen) atoms. The number of benzene rings is 1. The molecule has 0 aliphatic rings. The number of nitrogens with one attached hydrogen (secondary N) is 2. The van der Waals surface area contributed by atoms with Crippen LogP contribution in [0.5, 0.6) is 5.75 Å². The maximum Gasteiger partial charge on any atom is 0.326 e. The van der Waals surface area contributed by atoms with Crippen molar-refractivity contribution in [1.29, 1.82) is 0 Å². The van der Waals surface area contributed by atoms with Crippen LogP contribution in [0.1, 0.15) is 13.8 Å². The van der Waals surface area contributed by atoms with Crippen molar-refractivity contribution in [3.8, 4) is 5.75 Å². The third-order valence-corrected chi connectivity index (χ3v) is 7.93. The van der Waals surface area contributed by atoms with Gasteiger partial charge in [0.15, 0.2) is 9.96 Å². The molecule has 0 aliphatic carbocycles. The second kappa shape index (κ2) is 9.50. The van der Waals surface area contributed by atoms with Gasteiger partial charge in [-0.25, -0.2) is 17.9 Å². The topological polar surface area (TPSA) is 119 Å². The number of aromatic hydroxyl groups is 1. The summed E-state index contributed by atoms with van der Waals surface area (Å²) in [6.07, 6.45) is 0. The summed E-state index contributed by atoms with van der Waals surface area (Å²) in [4.78, 5) is 13.7. The number of hydrogen-bond donors (Lipinski definition) is 4. The number of hydrogen-bond acceptors (Lipinski definition) is 6. The van der Waals surface area contributed by atoms with E-state index in [1.807, 2.05) is 0 Å². The fourth-order valence-electron chi connectivity index (χ4n) is 2.31. The van der Waals surface area contributed by atoms with Crippen molar-refractivity contribution in [2.45, 2.75) is 24.1 Å². The highest BCUT2D eigenvalue weighted by Crippen LogP contribution is 2.38. The Hall–Kier alpha value is -1.56. The van der Waals surface area contributed by atoms with Gasteiger partial charge in [-0.05, 0) is 18.1 Å². The van der Waals surface area contributed by atoms with Crippen molar-refractivity contribution >= 4 is 62.0 Å². The van der Waals surface area contributed by atoms with Gasteiger partial charge in [-0.15, -0.1) is 11.3 Å². The summed E-state index contributed by atoms with van der Waals surface area (Å²) >= 11 is 12.8. The third kappa shape index (κ3) is 5.33. The number of carbonyl (C=O) groups excluding carboxylic acids is 1. The Morgan fingerprint density at radius 2 is 1.97 bits per heavy atom. The number of sulfonamides is 1. The number of carbonyl (C=O) groups is 1. The van der Waals surface area contributed by atoms with Gasteiger partial charge in [0.25, 0.3) is 10.0 Å². The van der Waals surface area contributed by atoms with E-state index in [0.717, 1.165) is 11.3 Å². The molecule has 0 bridgehead atoms. The second-order valence-corrected chi connectivity index (χ2v) is 10.1. The Morgan fingerprint density at radius 1 is 1.31 bits per heavy atom. The molecular formula is C17H21Cl2N3O5S2. The largest absolute Gasteiger partial charge is 0.504 e. The second-order valence-electron chi connectivity index (χ2n) is 6.50. The lowest BCUT2D eigenvalue weighted by Gasteiger charge is -2.20. The molecule has 4 N–H and O–H groups in total. The Balaban J connectivity index is 2.23. The van der Waals surface area contributed by atoms with Gasteiger partial charge < -0.3 is 15.5 Å². The molecule has 0 saturated heterocycles. The van der Waals surface area contributed by atoms with Gasteiger partial charge in [0, 0.05) is 18.5 Å². The van der Waals surface area contributed by atoms with E-state index in [1.165, 1.54) is 17.3 Å². The standard InChI is InChI=1S/C17H21Cl2N3O5S2/c1-9(2)11(7-23)21-29(26,27)16-15(24)12(8-28-16)20-17(25)22(3)13-6-4-5-10(18)14(13)19/h4-6,8-9,11,21,23-24H,7H2,1-3H3,(H,20,25)/t11-/m1/s1. The van der Waals surface area contributed by atoms with E-state index in [-0.39, 0.29) is 25.9 Å². The number of nitrogens with zero attached hydrogens (tertiary/aromatic N) is 1. The molecule has 12 heteroatoms. The summed E-state index contributed by atoms with van der Waals surface area (Å²) in [5, 5.41) is 23.9. The van der Waals surface area contributed by atoms with Crippen LogP contribution in [0.25, 0.3) is 0 Å². The molecule has 1 aromatic heterocycles. The van der Waals surface area contributed by atoms with Crippen LogP contribution in [0.4, 0.5) is 16.2 Å². The first-order valence-electron chi connectivity index (χ1n) is 8.42. The van der Waals surface area contributed by atoms with Crippen LogP contribution >= 0.6 is 34.5 Å². The summed E-state index contributed by atoms with van der Waals surface area (Å²) < 4.78 is 27.1. The Bertz CT molecular complexity index is 995. The van der Waals surface area contributed by atoms with Crippen LogP contribution < -0.4 is 14.9 Å². The highest BCUT2D eigenvalue weighted by atomic mass is 35.5. The molecule has 1 atom stereocenters. The van der Waals surface area contributed by atoms with E-state index < -0.39 is 34.5 Å². The van der Waals surface area contributed by atoms with Crippen LogP contribution in [0.3, 0.4) is 0 Å². The molecule has 0 saturated carbocycles. The quantitative estimate of drug-likeness (QED) is 0.480. The predicted molar refractivity (Wildman–Crippen MR) is 116 cm³/mol. The van der Waals surface area contributed by atoms with Crippen molar-refractivity contribution in [1.82, 2.24) is 4.72 Å². The summed E-state index contributed by atoms with van der Waals surface area (Å²) in [6, 6.07) is 3.41. The number of aliphatic hydroxyl groups excluding tert-OH is 1. The SMILES string of the molecule is CC(C)[C@@H](CO)NS(=O)(=O)c1scc(NC(=O)N(C)c2cccc(Cl)c2Cl)c1O. The molecule has 2 amide bonds. The lowest BCUT2D eigenvalue weighted by molar-refractivity contribution is 0.227. The van der Waals surface area contributed by atoms with E-state index in [2.05, 4.69) is 10.0 Å². The van der Waals surface area contributed by atoms with Gasteiger partial charge >= 0.3 is 6.03 Å². The fourth-order valence-corrected chi connectivity index (χ4v) is 5.36. The number of halogens is 2. The highest BCUT2D eigenvalue weighted by molar-refractivity contribution is 7.91. The zero-order chi connectivity index (χ0) is 21.9. The smallest absolute Gasteiger partial charge is 0.326 e. The summed E-state index contributed by atoms with van der Waals surface area (Å²) in [5.74, 6) is -0.756. The van der Waals surface area contributed by atoms with E-state index in [1.54, 1.807) is 32.0 Å². The summed E-state index contributed by atoms with van der Waals surface area (Å²) in [7, 11) is -2.64. The van der Waals surface area contributed by atoms with Crippen molar-refractivity contribution in [2.24, 2.45) is 5.92 Å². The molecule has 2 aromatic rings. The summed E-state index contributed by atoms with van der Waals surface area (Å²) in [5.41, 5.74) is 0.263. The van der Waals surface area contributed by atoms with Gasteiger partial charge in [-0.2, -0.15) is 0 Å². The van der Waals surface area contributed by atoms with Crippen LogP contribution in [-0.2, 0) is 10.0 Å². The zero-order valence-electron chi connectivity index (χ0n) is 15.8. The van der Waals surface area contributed by atoms with E-state index >= 15 is 0 Å². The Labute approximate surface area is 183 Å². The number of rotatable bonds is 7. The molecule has 0 unspecified atom stereocenters. The molecular weight excluding hydrogens is 461 g/mol. The van der Waals surface area contributed by atoms with Gasteiger partial charge in [-0.1, -0.05) is 43.1 Å². The first-order chi connectivity index (χ1) is 13.5. The van der Waals surface area contributed by atoms with Gasteiger partial charge in [0.2, 0.25) is 0 Å². The van der Waals surface area contributed by atoms with Crippen molar-refractivity contribution in [3.05, 3.63) is 33.6 Å². The average Bonchev–Trinajstić information content (AvgIpc) is 3.02. The third-order valence-electron chi connectivity index (χ3n) is 4.12. The molecule has 1 aromatic carbocycles. The zero-order valence-corrected chi connectivity index (χ0v) is 19.0. The number of anilines is 2. The predicted octanol–water partition coefficient (Wildman–Crippen LogP) is 3.72. The first-order valence-corrected chi connectivity index (χ1v) is 11.5. The molecule has 1 heterocycles. The average molecular weight is 482 g/mol. The van der Waals surface area contributed by atoms with Crippen molar-refractivity contribution in [2.75, 3.05) is 23.9 Å². The molecule has 0 aliphatic heterocycles. The minimum Gasteiger partial charge on any atom is -0.504 e. The van der Waals surface area contributed by atoms with Crippen molar-refractivity contribution < 1.29 is 23.4 Å². The first kappa shape index (κ1) is 23.7. The van der Waals surface area contributed by atoms with Crippen molar-refractivity contribution in [3.63, 3.8) is 0 Å². The van der Waals surface area contributed by atoms with Crippen LogP contribution in [0, 0.1) is 5.92 Å². The molecule has 0 spiro atoms. The lowest BCUT2D eigenvalue weighted by Crippen LogP contribution is -2.40. The van der Waals surface area contributed by atoms with Gasteiger partial charge in [0.05, 0.1) is 28.0 Å². The molecule has 0 radical (unpaired) electrons. The van der Waals surface area contributed by atoms with Crippen LogP contribution in [0.15, 0.2) is 27.8 Å². The minimum atomic E-state index is -4.09. The lowest BCUT2D eigenvalue weighted by atomic mass is 10.1. The molecule has 160 valence electrons. The molecule has 2 rings (SSSR count). The normalized spacial score (nSPS) is 12.8. The number of amides is 2. The van der Waals surface area contributed by atoms with E-state index in [9.17, 15) is 23.4 Å². The Morgan fingerprint density at radius 3 is 2.55 bits per heavy atom. The number of thiophene rings is 1. The highest BCUT2D eigenvalue weighted by Gasteiger charge is 2.28. The summed E-state index contributed by atoms with van der Waals surface area (Å²) in [6.45, 7) is 3.11. The molecule has 8 nitrogen and oxygen atoms in total. The fraction of sp³-hybridized carbons (Fsp3) is 0.353. The van der Waals surface area contributed by atoms with Gasteiger partial charge in [-0.3, -0.25) is 4.90 Å². The monoisotopic (exact) mass is 481 g/mol. The van der Waals surface area contributed by atoms with E-state index in [4.69, 9.17) is 23.2 Å². The Kier molecular flexibility index (Phi) is 7.77. The van der Waals surface area contributed by atoms with Crippen LogP contribution in [0.2, 0.25) is 10.0 Å². The number of urea groups is 1. The van der Waals surface area contributed by atoms with Gasteiger partial charge in [0.1, 0.15) is 0 Å². The van der Waals surface area contributed by atoms with Crippen LogP contribution in [-0.4, -0.2) is 44.4 Å². The maximum atomic E-state index is 12.5. The minimum absolute atomic E-state index is 0.0736.